The van der Waals surface area contributed by atoms with E-state index in [4.69, 9.17) is 0 Å². The fourth-order valence-electron chi connectivity index (χ4n) is 3.34. The molecule has 1 heterocycles. The Labute approximate surface area is 114 Å². The lowest BCUT2D eigenvalue weighted by molar-refractivity contribution is -0.122. The van der Waals surface area contributed by atoms with Gasteiger partial charge in [-0.25, -0.2) is 0 Å². The molecule has 2 nitrogen and oxygen atoms in total. The van der Waals surface area contributed by atoms with Gasteiger partial charge in [0.15, 0.2) is 0 Å². The van der Waals surface area contributed by atoms with Gasteiger partial charge in [0.25, 0.3) is 0 Å². The van der Waals surface area contributed by atoms with E-state index >= 15 is 0 Å². The second kappa shape index (κ2) is 4.84. The number of carbonyl (C=O) groups is 1. The van der Waals surface area contributed by atoms with Gasteiger partial charge in [0, 0.05) is 23.7 Å². The van der Waals surface area contributed by atoms with Crippen LogP contribution >= 0.6 is 0 Å². The normalized spacial score (nSPS) is 20.4. The lowest BCUT2D eigenvalue weighted by Crippen LogP contribution is -2.20. The van der Waals surface area contributed by atoms with Crippen molar-refractivity contribution in [2.24, 2.45) is 0 Å². The quantitative estimate of drug-likeness (QED) is 0.777. The maximum absolute atomic E-state index is 12.2. The van der Waals surface area contributed by atoms with Gasteiger partial charge >= 0.3 is 0 Å². The summed E-state index contributed by atoms with van der Waals surface area (Å²) in [6.07, 6.45) is 4.01. The van der Waals surface area contributed by atoms with E-state index in [1.165, 1.54) is 23.0 Å². The summed E-state index contributed by atoms with van der Waals surface area (Å²) in [7, 11) is 0. The highest BCUT2D eigenvalue weighted by atomic mass is 16.1. The lowest BCUT2D eigenvalue weighted by Gasteiger charge is -2.24. The van der Waals surface area contributed by atoms with E-state index in [1.807, 2.05) is 0 Å². The number of aromatic nitrogens is 1. The Morgan fingerprint density at radius 3 is 2.74 bits per heavy atom. The first-order valence-electron chi connectivity index (χ1n) is 7.31. The molecule has 2 heteroatoms. The molecule has 0 radical (unpaired) electrons. The third kappa shape index (κ3) is 2.09. The molecule has 1 aliphatic rings. The minimum absolute atomic E-state index is 0.114. The Morgan fingerprint density at radius 2 is 2.00 bits per heavy atom. The average Bonchev–Trinajstić information content (AvgIpc) is 2.78. The van der Waals surface area contributed by atoms with Crippen molar-refractivity contribution < 1.29 is 4.79 Å². The third-order valence-electron chi connectivity index (χ3n) is 4.21. The van der Waals surface area contributed by atoms with Crippen molar-refractivity contribution in [3.05, 3.63) is 36.0 Å². The lowest BCUT2D eigenvalue weighted by atomic mass is 9.85. The van der Waals surface area contributed by atoms with Crippen LogP contribution in [-0.2, 0) is 4.79 Å². The van der Waals surface area contributed by atoms with Crippen molar-refractivity contribution >= 4 is 16.7 Å². The molecule has 0 N–H and O–H groups in total. The average molecular weight is 255 g/mol. The van der Waals surface area contributed by atoms with Gasteiger partial charge in [-0.15, -0.1) is 0 Å². The molecule has 1 saturated carbocycles. The van der Waals surface area contributed by atoms with Gasteiger partial charge in [-0.05, 0) is 44.2 Å². The van der Waals surface area contributed by atoms with Gasteiger partial charge in [0.1, 0.15) is 5.78 Å². The Hall–Kier alpha value is -1.57. The summed E-state index contributed by atoms with van der Waals surface area (Å²) in [6, 6.07) is 11.1. The Morgan fingerprint density at radius 1 is 1.21 bits per heavy atom. The number of carbonyl (C=O) groups excluding carboxylic acids is 1. The first kappa shape index (κ1) is 12.5. The number of Topliss-reactive ketones (excluding diaryl/α,β-unsaturated/α-hetero) is 1. The zero-order valence-electron chi connectivity index (χ0n) is 11.7. The molecule has 2 aromatic rings. The first-order chi connectivity index (χ1) is 9.18. The topological polar surface area (TPSA) is 22.0 Å². The second-order valence-electron chi connectivity index (χ2n) is 5.86. The molecule has 0 bridgehead atoms. The molecule has 0 spiro atoms. The van der Waals surface area contributed by atoms with E-state index in [0.29, 0.717) is 11.8 Å². The summed E-state index contributed by atoms with van der Waals surface area (Å²) in [5.41, 5.74) is 2.48. The van der Waals surface area contributed by atoms with Gasteiger partial charge in [-0.1, -0.05) is 24.6 Å². The number of rotatable bonds is 2. The maximum Gasteiger partial charge on any atom is 0.141 e. The summed E-state index contributed by atoms with van der Waals surface area (Å²) >= 11 is 0. The van der Waals surface area contributed by atoms with Crippen molar-refractivity contribution in [1.29, 1.82) is 0 Å². The molecule has 1 aromatic carbocycles. The first-order valence-corrected chi connectivity index (χ1v) is 7.31. The molecule has 3 rings (SSSR count). The van der Waals surface area contributed by atoms with Gasteiger partial charge in [0.2, 0.25) is 0 Å². The predicted octanol–water partition coefficient (Wildman–Crippen LogP) is 4.45. The van der Waals surface area contributed by atoms with E-state index in [0.717, 1.165) is 19.3 Å². The van der Waals surface area contributed by atoms with Gasteiger partial charge in [0.05, 0.1) is 5.92 Å². The number of benzene rings is 1. The van der Waals surface area contributed by atoms with Crippen LogP contribution in [0.2, 0.25) is 0 Å². The van der Waals surface area contributed by atoms with Crippen molar-refractivity contribution in [2.45, 2.75) is 51.5 Å². The molecule has 0 amide bonds. The van der Waals surface area contributed by atoms with E-state index in [-0.39, 0.29) is 5.92 Å². The summed E-state index contributed by atoms with van der Waals surface area (Å²) in [6.45, 7) is 4.40. The zero-order chi connectivity index (χ0) is 13.4. The zero-order valence-corrected chi connectivity index (χ0v) is 11.7. The number of nitrogens with zero attached hydrogens (tertiary/aromatic N) is 1. The Balaban J connectivity index is 2.16. The summed E-state index contributed by atoms with van der Waals surface area (Å²) in [5, 5.41) is 1.25. The van der Waals surface area contributed by atoms with Gasteiger partial charge < -0.3 is 4.57 Å². The van der Waals surface area contributed by atoms with Crippen LogP contribution in [0.15, 0.2) is 30.3 Å². The minimum atomic E-state index is 0.114. The highest BCUT2D eigenvalue weighted by molar-refractivity contribution is 5.89. The van der Waals surface area contributed by atoms with Crippen molar-refractivity contribution in [2.75, 3.05) is 0 Å². The minimum Gasteiger partial charge on any atom is -0.341 e. The van der Waals surface area contributed by atoms with E-state index in [2.05, 4.69) is 48.7 Å². The smallest absolute Gasteiger partial charge is 0.141 e. The van der Waals surface area contributed by atoms with Crippen LogP contribution in [0, 0.1) is 0 Å². The molecule has 1 fully saturated rings. The standard InChI is InChI=1S/C17H21NO/c1-12(2)18-15-9-5-3-7-13(15)11-16(18)14-8-4-6-10-17(14)19/h3,5,7,9,11-12,14H,4,6,8,10H2,1-2H3. The molecule has 1 unspecified atom stereocenters. The summed E-state index contributed by atoms with van der Waals surface area (Å²) < 4.78 is 2.35. The van der Waals surface area contributed by atoms with Crippen molar-refractivity contribution in [1.82, 2.24) is 4.57 Å². The maximum atomic E-state index is 12.2. The number of fused-ring (bicyclic) bond motifs is 1. The molecule has 19 heavy (non-hydrogen) atoms. The van der Waals surface area contributed by atoms with Crippen LogP contribution in [0.1, 0.15) is 57.2 Å². The molecule has 1 aromatic heterocycles. The highest BCUT2D eigenvalue weighted by Gasteiger charge is 2.27. The monoisotopic (exact) mass is 255 g/mol. The number of ketones is 1. The van der Waals surface area contributed by atoms with Crippen LogP contribution in [0.3, 0.4) is 0 Å². The predicted molar refractivity (Wildman–Crippen MR) is 78.5 cm³/mol. The van der Waals surface area contributed by atoms with Crippen molar-refractivity contribution in [3.8, 4) is 0 Å². The summed E-state index contributed by atoms with van der Waals surface area (Å²) in [4.78, 5) is 12.2. The third-order valence-corrected chi connectivity index (χ3v) is 4.21. The van der Waals surface area contributed by atoms with Gasteiger partial charge in [-0.2, -0.15) is 0 Å². The van der Waals surface area contributed by atoms with E-state index in [9.17, 15) is 4.79 Å². The molecule has 1 aliphatic carbocycles. The fraction of sp³-hybridized carbons (Fsp3) is 0.471. The van der Waals surface area contributed by atoms with Crippen LogP contribution in [0.5, 0.6) is 0 Å². The van der Waals surface area contributed by atoms with Crippen LogP contribution < -0.4 is 0 Å². The highest BCUT2D eigenvalue weighted by Crippen LogP contribution is 2.35. The molecular weight excluding hydrogens is 234 g/mol. The molecule has 100 valence electrons. The molecule has 0 saturated heterocycles. The molecule has 0 aliphatic heterocycles. The SMILES string of the molecule is CC(C)n1c(C2CCCCC2=O)cc2ccccc21. The van der Waals surface area contributed by atoms with E-state index < -0.39 is 0 Å². The van der Waals surface area contributed by atoms with E-state index in [1.54, 1.807) is 0 Å². The molecular formula is C17H21NO. The van der Waals surface area contributed by atoms with Crippen LogP contribution in [0.4, 0.5) is 0 Å². The molecule has 1 atom stereocenters. The van der Waals surface area contributed by atoms with Crippen LogP contribution in [-0.4, -0.2) is 10.4 Å². The number of hydrogen-bond acceptors (Lipinski definition) is 1. The van der Waals surface area contributed by atoms with Crippen LogP contribution in [0.25, 0.3) is 10.9 Å². The number of para-hydroxylation sites is 1. The van der Waals surface area contributed by atoms with Gasteiger partial charge in [-0.3, -0.25) is 4.79 Å². The number of hydrogen-bond donors (Lipinski definition) is 0. The Bertz CT molecular complexity index is 609. The summed E-state index contributed by atoms with van der Waals surface area (Å²) in [5.74, 6) is 0.541. The second-order valence-corrected chi connectivity index (χ2v) is 5.86. The largest absolute Gasteiger partial charge is 0.341 e. The van der Waals surface area contributed by atoms with Crippen molar-refractivity contribution in [3.63, 3.8) is 0 Å². The Kier molecular flexibility index (Phi) is 3.17. The fourth-order valence-corrected chi connectivity index (χ4v) is 3.34.